The average molecular weight is 356 g/mol. The van der Waals surface area contributed by atoms with Gasteiger partial charge in [0.25, 0.3) is 0 Å². The van der Waals surface area contributed by atoms with E-state index >= 15 is 0 Å². The number of benzene rings is 2. The van der Waals surface area contributed by atoms with Crippen molar-refractivity contribution in [1.82, 2.24) is 0 Å². The molecule has 0 fully saturated rings. The van der Waals surface area contributed by atoms with Gasteiger partial charge in [-0.1, -0.05) is 6.07 Å². The van der Waals surface area contributed by atoms with Crippen LogP contribution in [-0.4, -0.2) is 17.6 Å². The third-order valence-electron chi connectivity index (χ3n) is 4.29. The molecule has 1 unspecified atom stereocenters. The molecule has 0 bridgehead atoms. The fraction of sp³-hybridized carbons (Fsp3) is 0.263. The highest BCUT2D eigenvalue weighted by Crippen LogP contribution is 2.41. The van der Waals surface area contributed by atoms with E-state index in [4.69, 9.17) is 9.47 Å². The van der Waals surface area contributed by atoms with Gasteiger partial charge in [-0.3, -0.25) is 9.59 Å². The van der Waals surface area contributed by atoms with E-state index in [2.05, 4.69) is 10.6 Å². The predicted octanol–water partition coefficient (Wildman–Crippen LogP) is 3.40. The minimum absolute atomic E-state index is 0.00203. The number of hydrogen-bond acceptors (Lipinski definition) is 4. The Morgan fingerprint density at radius 1 is 1.19 bits per heavy atom. The van der Waals surface area contributed by atoms with Crippen LogP contribution in [0.25, 0.3) is 0 Å². The molecule has 0 radical (unpaired) electrons. The summed E-state index contributed by atoms with van der Waals surface area (Å²) in [4.78, 5) is 24.6. The number of ether oxygens (including phenoxy) is 2. The number of halogens is 1. The maximum atomic E-state index is 13.4. The Balaban J connectivity index is 1.57. The molecule has 134 valence electrons. The van der Waals surface area contributed by atoms with Gasteiger partial charge >= 0.3 is 0 Å². The van der Waals surface area contributed by atoms with Crippen molar-refractivity contribution in [3.05, 3.63) is 47.8 Å². The fourth-order valence-corrected chi connectivity index (χ4v) is 3.20. The lowest BCUT2D eigenvalue weighted by Gasteiger charge is -2.25. The van der Waals surface area contributed by atoms with Crippen molar-refractivity contribution >= 4 is 23.2 Å². The number of carbonyl (C=O) groups is 2. The van der Waals surface area contributed by atoms with E-state index < -0.39 is 17.5 Å². The zero-order valence-electron chi connectivity index (χ0n) is 14.3. The summed E-state index contributed by atoms with van der Waals surface area (Å²) >= 11 is 0. The Hall–Kier alpha value is -3.09. The van der Waals surface area contributed by atoms with E-state index in [9.17, 15) is 14.0 Å². The maximum Gasteiger partial charge on any atom is 0.246 e. The number of amides is 2. The third kappa shape index (κ3) is 2.96. The number of carbonyl (C=O) groups excluding carboxylic acids is 2. The molecule has 7 heteroatoms. The summed E-state index contributed by atoms with van der Waals surface area (Å²) in [6.07, 6.45) is 0.00203. The second-order valence-corrected chi connectivity index (χ2v) is 6.79. The summed E-state index contributed by atoms with van der Waals surface area (Å²) in [5.41, 5.74) is 1.45. The fourth-order valence-electron chi connectivity index (χ4n) is 3.20. The molecule has 0 saturated carbocycles. The van der Waals surface area contributed by atoms with Crippen molar-refractivity contribution in [3.63, 3.8) is 0 Å². The highest BCUT2D eigenvalue weighted by molar-refractivity contribution is 6.05. The molecule has 2 aromatic rings. The average Bonchev–Trinajstić information content (AvgIpc) is 2.86. The first-order valence-electron chi connectivity index (χ1n) is 8.23. The lowest BCUT2D eigenvalue weighted by Crippen LogP contribution is -2.30. The second-order valence-electron chi connectivity index (χ2n) is 6.79. The monoisotopic (exact) mass is 356 g/mol. The van der Waals surface area contributed by atoms with Crippen LogP contribution in [0, 0.1) is 5.82 Å². The number of rotatable bonds is 2. The molecule has 2 amide bonds. The maximum absolute atomic E-state index is 13.4. The highest BCUT2D eigenvalue weighted by Gasteiger charge is 2.33. The zero-order chi connectivity index (χ0) is 18.5. The van der Waals surface area contributed by atoms with Gasteiger partial charge in [-0.25, -0.2) is 4.39 Å². The number of nitrogens with one attached hydrogen (secondary N) is 2. The highest BCUT2D eigenvalue weighted by atomic mass is 19.1. The first-order chi connectivity index (χ1) is 12.3. The van der Waals surface area contributed by atoms with Crippen molar-refractivity contribution in [2.75, 3.05) is 10.6 Å². The molecule has 0 aromatic heterocycles. The van der Waals surface area contributed by atoms with Crippen LogP contribution in [0.1, 0.15) is 31.7 Å². The second kappa shape index (κ2) is 5.72. The largest absolute Gasteiger partial charge is 0.449 e. The zero-order valence-corrected chi connectivity index (χ0v) is 14.3. The molecule has 0 saturated heterocycles. The molecule has 0 spiro atoms. The van der Waals surface area contributed by atoms with Gasteiger partial charge in [-0.15, -0.1) is 0 Å². The van der Waals surface area contributed by atoms with E-state index in [0.29, 0.717) is 28.4 Å². The van der Waals surface area contributed by atoms with E-state index in [1.54, 1.807) is 32.0 Å². The van der Waals surface area contributed by atoms with E-state index in [1.165, 1.54) is 18.2 Å². The van der Waals surface area contributed by atoms with Gasteiger partial charge in [0.15, 0.2) is 11.5 Å². The standard InChI is InChI=1S/C19H17FN2O4/c1-19(2)25-15-6-4-11(8-16(15)26-19)21-18(24)13-9-17(23)22-14-7-10(20)3-5-12(13)14/h3-8,13H,9H2,1-2H3,(H,21,24)(H,22,23). The summed E-state index contributed by atoms with van der Waals surface area (Å²) in [6.45, 7) is 3.59. The molecule has 2 heterocycles. The quantitative estimate of drug-likeness (QED) is 0.865. The van der Waals surface area contributed by atoms with Crippen molar-refractivity contribution in [2.24, 2.45) is 0 Å². The van der Waals surface area contributed by atoms with Crippen molar-refractivity contribution in [2.45, 2.75) is 32.0 Å². The molecule has 2 aromatic carbocycles. The Bertz CT molecular complexity index is 926. The smallest absolute Gasteiger partial charge is 0.246 e. The van der Waals surface area contributed by atoms with Crippen LogP contribution in [-0.2, 0) is 9.59 Å². The lowest BCUT2D eigenvalue weighted by atomic mass is 9.89. The molecular weight excluding hydrogens is 339 g/mol. The van der Waals surface area contributed by atoms with Crippen LogP contribution in [0.4, 0.5) is 15.8 Å². The van der Waals surface area contributed by atoms with Gasteiger partial charge < -0.3 is 20.1 Å². The van der Waals surface area contributed by atoms with Crippen molar-refractivity contribution in [1.29, 1.82) is 0 Å². The summed E-state index contributed by atoms with van der Waals surface area (Å²) in [5, 5.41) is 5.39. The molecule has 6 nitrogen and oxygen atoms in total. The van der Waals surface area contributed by atoms with Crippen LogP contribution in [0.2, 0.25) is 0 Å². The van der Waals surface area contributed by atoms with Crippen molar-refractivity contribution < 1.29 is 23.5 Å². The molecular formula is C19H17FN2O4. The Morgan fingerprint density at radius 2 is 1.96 bits per heavy atom. The lowest BCUT2D eigenvalue weighted by molar-refractivity contribution is -0.123. The summed E-state index contributed by atoms with van der Waals surface area (Å²) in [5.74, 6) is -1.44. The SMILES string of the molecule is CC1(C)Oc2ccc(NC(=O)C3CC(=O)Nc4cc(F)ccc43)cc2O1. The van der Waals surface area contributed by atoms with E-state index in [-0.39, 0.29) is 18.2 Å². The van der Waals surface area contributed by atoms with Crippen molar-refractivity contribution in [3.8, 4) is 11.5 Å². The molecule has 26 heavy (non-hydrogen) atoms. The van der Waals surface area contributed by atoms with Gasteiger partial charge in [0.05, 0.1) is 5.92 Å². The molecule has 0 aliphatic carbocycles. The van der Waals surface area contributed by atoms with Crippen LogP contribution >= 0.6 is 0 Å². The van der Waals surface area contributed by atoms with Gasteiger partial charge in [-0.05, 0) is 29.8 Å². The van der Waals surface area contributed by atoms with E-state index in [0.717, 1.165) is 0 Å². The molecule has 2 aliphatic rings. The number of hydrogen-bond donors (Lipinski definition) is 2. The molecule has 2 N–H and O–H groups in total. The first kappa shape index (κ1) is 16.4. The van der Waals surface area contributed by atoms with E-state index in [1.807, 2.05) is 0 Å². The number of anilines is 2. The van der Waals surface area contributed by atoms with Crippen LogP contribution in [0.5, 0.6) is 11.5 Å². The summed E-state index contributed by atoms with van der Waals surface area (Å²) < 4.78 is 24.7. The minimum Gasteiger partial charge on any atom is -0.449 e. The summed E-state index contributed by atoms with van der Waals surface area (Å²) in [6, 6.07) is 9.12. The number of fused-ring (bicyclic) bond motifs is 2. The van der Waals surface area contributed by atoms with Gasteiger partial charge in [-0.2, -0.15) is 0 Å². The molecule has 4 rings (SSSR count). The van der Waals surface area contributed by atoms with Crippen LogP contribution in [0.3, 0.4) is 0 Å². The summed E-state index contributed by atoms with van der Waals surface area (Å²) in [7, 11) is 0. The van der Waals surface area contributed by atoms with Crippen LogP contribution in [0.15, 0.2) is 36.4 Å². The minimum atomic E-state index is -0.755. The van der Waals surface area contributed by atoms with Gasteiger partial charge in [0.2, 0.25) is 17.6 Å². The Morgan fingerprint density at radius 3 is 2.77 bits per heavy atom. The third-order valence-corrected chi connectivity index (χ3v) is 4.29. The molecule has 1 atom stereocenters. The Labute approximate surface area is 149 Å². The topological polar surface area (TPSA) is 76.7 Å². The van der Waals surface area contributed by atoms with Gasteiger partial charge in [0, 0.05) is 37.7 Å². The van der Waals surface area contributed by atoms with Gasteiger partial charge in [0.1, 0.15) is 5.82 Å². The van der Waals surface area contributed by atoms with Crippen LogP contribution < -0.4 is 20.1 Å². The first-order valence-corrected chi connectivity index (χ1v) is 8.23. The predicted molar refractivity (Wildman–Crippen MR) is 92.8 cm³/mol. The Kier molecular flexibility index (Phi) is 3.61. The normalized spacial score (nSPS) is 19.5. The molecule has 2 aliphatic heterocycles.